The molecule has 0 saturated carbocycles. The average Bonchev–Trinajstić information content (AvgIpc) is 3.16. The van der Waals surface area contributed by atoms with E-state index in [1.807, 2.05) is 6.92 Å². The molecule has 3 rings (SSSR count). The van der Waals surface area contributed by atoms with Crippen molar-refractivity contribution in [3.05, 3.63) is 42.0 Å². The van der Waals surface area contributed by atoms with Crippen molar-refractivity contribution in [2.45, 2.75) is 32.2 Å². The van der Waals surface area contributed by atoms with E-state index in [1.165, 1.54) is 11.2 Å². The number of aryl methyl sites for hydroxylation is 1. The highest BCUT2D eigenvalue weighted by Crippen LogP contribution is 2.31. The minimum atomic E-state index is -1.13. The number of carbonyl (C=O) groups is 2. The molecule has 0 bridgehead atoms. The lowest BCUT2D eigenvalue weighted by Gasteiger charge is -2.31. The van der Waals surface area contributed by atoms with Gasteiger partial charge >= 0.3 is 5.97 Å². The maximum Gasteiger partial charge on any atom is 0.329 e. The highest BCUT2D eigenvalue weighted by atomic mass is 16.4. The van der Waals surface area contributed by atoms with Crippen molar-refractivity contribution < 1.29 is 14.7 Å². The molecule has 0 radical (unpaired) electrons. The standard InChI is InChI=1S/C16H18N4O3/c1-11-8-12(4-5-13(11)20-10-17-9-18-20)14(21)19-7-3-6-16(19,2)15(22)23/h4-5,8-10H,3,6-7H2,1-2H3,(H,22,23)/t16-/m1/s1. The van der Waals surface area contributed by atoms with Gasteiger partial charge in [0.2, 0.25) is 0 Å². The van der Waals surface area contributed by atoms with Gasteiger partial charge in [0, 0.05) is 12.1 Å². The van der Waals surface area contributed by atoms with Crippen LogP contribution < -0.4 is 0 Å². The van der Waals surface area contributed by atoms with Crippen molar-refractivity contribution in [3.8, 4) is 5.69 Å². The van der Waals surface area contributed by atoms with Gasteiger partial charge in [-0.15, -0.1) is 0 Å². The second kappa shape index (κ2) is 5.49. The first kappa shape index (κ1) is 15.2. The topological polar surface area (TPSA) is 88.3 Å². The SMILES string of the molecule is Cc1cc(C(=O)N2CCC[C@]2(C)C(=O)O)ccc1-n1cncn1. The Kier molecular flexibility index (Phi) is 3.63. The quantitative estimate of drug-likeness (QED) is 0.930. The van der Waals surface area contributed by atoms with Crippen molar-refractivity contribution in [2.24, 2.45) is 0 Å². The van der Waals surface area contributed by atoms with E-state index in [2.05, 4.69) is 10.1 Å². The second-order valence-corrected chi connectivity index (χ2v) is 5.98. The van der Waals surface area contributed by atoms with E-state index in [1.54, 1.807) is 36.1 Å². The molecule has 23 heavy (non-hydrogen) atoms. The first-order chi connectivity index (χ1) is 10.9. The Morgan fingerprint density at radius 1 is 1.35 bits per heavy atom. The maximum atomic E-state index is 12.7. The normalized spacial score (nSPS) is 20.7. The molecular formula is C16H18N4O3. The zero-order chi connectivity index (χ0) is 16.6. The minimum absolute atomic E-state index is 0.249. The van der Waals surface area contributed by atoms with E-state index >= 15 is 0 Å². The van der Waals surface area contributed by atoms with Crippen molar-refractivity contribution in [2.75, 3.05) is 6.54 Å². The lowest BCUT2D eigenvalue weighted by Crippen LogP contribution is -2.50. The fourth-order valence-corrected chi connectivity index (χ4v) is 3.05. The zero-order valence-electron chi connectivity index (χ0n) is 13.1. The van der Waals surface area contributed by atoms with Crippen LogP contribution in [0.2, 0.25) is 0 Å². The molecule has 1 saturated heterocycles. The van der Waals surface area contributed by atoms with Crippen LogP contribution in [-0.2, 0) is 4.79 Å². The third kappa shape index (κ3) is 2.48. The van der Waals surface area contributed by atoms with Gasteiger partial charge < -0.3 is 10.0 Å². The van der Waals surface area contributed by atoms with Crippen LogP contribution in [0.25, 0.3) is 5.69 Å². The van der Waals surface area contributed by atoms with Crippen molar-refractivity contribution in [3.63, 3.8) is 0 Å². The second-order valence-electron chi connectivity index (χ2n) is 5.98. The minimum Gasteiger partial charge on any atom is -0.480 e. The summed E-state index contributed by atoms with van der Waals surface area (Å²) >= 11 is 0. The van der Waals surface area contributed by atoms with E-state index < -0.39 is 11.5 Å². The number of aliphatic carboxylic acids is 1. The van der Waals surface area contributed by atoms with Gasteiger partial charge in [0.15, 0.2) is 0 Å². The predicted molar refractivity (Wildman–Crippen MR) is 82.4 cm³/mol. The summed E-state index contributed by atoms with van der Waals surface area (Å²) in [5, 5.41) is 13.5. The number of likely N-dealkylation sites (tertiary alicyclic amines) is 1. The molecule has 1 aromatic heterocycles. The van der Waals surface area contributed by atoms with Crippen LogP contribution in [0.15, 0.2) is 30.9 Å². The lowest BCUT2D eigenvalue weighted by atomic mass is 9.98. The number of carboxylic acids is 1. The van der Waals surface area contributed by atoms with Crippen LogP contribution in [0, 0.1) is 6.92 Å². The van der Waals surface area contributed by atoms with E-state index in [-0.39, 0.29) is 5.91 Å². The molecule has 1 N–H and O–H groups in total. The Bertz CT molecular complexity index is 757. The number of aromatic nitrogens is 3. The van der Waals surface area contributed by atoms with Crippen LogP contribution in [0.5, 0.6) is 0 Å². The number of carboxylic acid groups (broad SMARTS) is 1. The van der Waals surface area contributed by atoms with Gasteiger partial charge in [-0.1, -0.05) is 0 Å². The fourth-order valence-electron chi connectivity index (χ4n) is 3.05. The van der Waals surface area contributed by atoms with Crippen molar-refractivity contribution in [1.29, 1.82) is 0 Å². The summed E-state index contributed by atoms with van der Waals surface area (Å²) in [5.74, 6) is -1.21. The van der Waals surface area contributed by atoms with Gasteiger partial charge in [-0.3, -0.25) is 4.79 Å². The molecule has 1 fully saturated rings. The highest BCUT2D eigenvalue weighted by Gasteiger charge is 2.46. The number of amides is 1. The number of hydrogen-bond donors (Lipinski definition) is 1. The number of hydrogen-bond acceptors (Lipinski definition) is 4. The van der Waals surface area contributed by atoms with Crippen LogP contribution in [0.3, 0.4) is 0 Å². The summed E-state index contributed by atoms with van der Waals surface area (Å²) in [6.45, 7) is 3.95. The first-order valence-electron chi connectivity index (χ1n) is 7.44. The summed E-state index contributed by atoms with van der Waals surface area (Å²) in [7, 11) is 0. The van der Waals surface area contributed by atoms with Gasteiger partial charge in [-0.2, -0.15) is 5.10 Å². The summed E-state index contributed by atoms with van der Waals surface area (Å²) < 4.78 is 1.63. The van der Waals surface area contributed by atoms with Crippen molar-refractivity contribution >= 4 is 11.9 Å². The predicted octanol–water partition coefficient (Wildman–Crippen LogP) is 1.66. The van der Waals surface area contributed by atoms with Crippen LogP contribution in [0.1, 0.15) is 35.7 Å². The average molecular weight is 314 g/mol. The molecule has 1 amide bonds. The molecule has 0 spiro atoms. The van der Waals surface area contributed by atoms with Crippen molar-refractivity contribution in [1.82, 2.24) is 19.7 Å². The molecule has 1 atom stereocenters. The third-order valence-corrected chi connectivity index (χ3v) is 4.46. The molecule has 0 aliphatic carbocycles. The molecule has 1 aromatic carbocycles. The van der Waals surface area contributed by atoms with Crippen LogP contribution >= 0.6 is 0 Å². The maximum absolute atomic E-state index is 12.7. The van der Waals surface area contributed by atoms with Gasteiger partial charge in [-0.05, 0) is 50.5 Å². The van der Waals surface area contributed by atoms with E-state index in [0.717, 1.165) is 11.3 Å². The van der Waals surface area contributed by atoms with Crippen LogP contribution in [-0.4, -0.2) is 48.7 Å². The summed E-state index contributed by atoms with van der Waals surface area (Å²) in [4.78, 5) is 29.6. The number of carbonyl (C=O) groups excluding carboxylic acids is 1. The molecule has 0 unspecified atom stereocenters. The first-order valence-corrected chi connectivity index (χ1v) is 7.44. The zero-order valence-corrected chi connectivity index (χ0v) is 13.1. The monoisotopic (exact) mass is 314 g/mol. The van der Waals surface area contributed by atoms with Gasteiger partial charge in [-0.25, -0.2) is 14.5 Å². The number of benzene rings is 1. The largest absolute Gasteiger partial charge is 0.480 e. The summed E-state index contributed by atoms with van der Waals surface area (Å²) in [6, 6.07) is 5.26. The Morgan fingerprint density at radius 3 is 2.74 bits per heavy atom. The Hall–Kier alpha value is -2.70. The van der Waals surface area contributed by atoms with E-state index in [9.17, 15) is 14.7 Å². The van der Waals surface area contributed by atoms with Gasteiger partial charge in [0.1, 0.15) is 18.2 Å². The molecule has 1 aliphatic heterocycles. The molecule has 2 heterocycles. The highest BCUT2D eigenvalue weighted by molar-refractivity contribution is 5.98. The molecule has 2 aromatic rings. The van der Waals surface area contributed by atoms with E-state index in [0.29, 0.717) is 24.9 Å². The molecule has 1 aliphatic rings. The number of nitrogens with zero attached hydrogens (tertiary/aromatic N) is 4. The summed E-state index contributed by atoms with van der Waals surface area (Å²) in [6.07, 6.45) is 4.21. The Labute approximate surface area is 133 Å². The molecule has 7 heteroatoms. The summed E-state index contributed by atoms with van der Waals surface area (Å²) in [5.41, 5.74) is 1.06. The van der Waals surface area contributed by atoms with Gasteiger partial charge in [0.25, 0.3) is 5.91 Å². The van der Waals surface area contributed by atoms with Crippen LogP contribution in [0.4, 0.5) is 0 Å². The lowest BCUT2D eigenvalue weighted by molar-refractivity contribution is -0.147. The third-order valence-electron chi connectivity index (χ3n) is 4.46. The Morgan fingerprint density at radius 2 is 2.13 bits per heavy atom. The van der Waals surface area contributed by atoms with Gasteiger partial charge in [0.05, 0.1) is 5.69 Å². The molecule has 120 valence electrons. The smallest absolute Gasteiger partial charge is 0.329 e. The molecule has 7 nitrogen and oxygen atoms in total. The fraction of sp³-hybridized carbons (Fsp3) is 0.375. The number of rotatable bonds is 3. The molecular weight excluding hydrogens is 296 g/mol. The van der Waals surface area contributed by atoms with E-state index in [4.69, 9.17) is 0 Å². The Balaban J connectivity index is 1.92.